The summed E-state index contributed by atoms with van der Waals surface area (Å²) in [6.45, 7) is 0.365. The van der Waals surface area contributed by atoms with Crippen molar-refractivity contribution in [2.75, 3.05) is 0 Å². The first-order valence-corrected chi connectivity index (χ1v) is 23.8. The van der Waals surface area contributed by atoms with E-state index in [-0.39, 0.29) is 97.6 Å². The largest absolute Gasteiger partial charge is 0.485 e. The Morgan fingerprint density at radius 2 is 0.575 bits per heavy atom. The molecule has 0 saturated carbocycles. The van der Waals surface area contributed by atoms with Crippen LogP contribution in [-0.4, -0.2) is 11.9 Å². The molecule has 9 aromatic carbocycles. The van der Waals surface area contributed by atoms with Crippen molar-refractivity contribution in [1.82, 2.24) is 0 Å². The van der Waals surface area contributed by atoms with E-state index >= 15 is 0 Å². The van der Waals surface area contributed by atoms with Gasteiger partial charge in [-0.25, -0.2) is 9.59 Å². The van der Waals surface area contributed by atoms with Crippen LogP contribution in [0.25, 0.3) is 0 Å². The Labute approximate surface area is 424 Å². The van der Waals surface area contributed by atoms with Crippen LogP contribution < -0.4 is 28.4 Å². The molecule has 0 aromatic heterocycles. The van der Waals surface area contributed by atoms with Gasteiger partial charge in [-0.3, -0.25) is 0 Å². The lowest BCUT2D eigenvalue weighted by Gasteiger charge is -2.24. The number of carbonyl (C=O) groups excluding carboxylic acids is 2. The van der Waals surface area contributed by atoms with Crippen LogP contribution in [0.4, 0.5) is 0 Å². The van der Waals surface area contributed by atoms with Crippen LogP contribution in [0.2, 0.25) is 0 Å². The second-order valence-electron chi connectivity index (χ2n) is 16.8. The fourth-order valence-corrected chi connectivity index (χ4v) is 7.62. The summed E-state index contributed by atoms with van der Waals surface area (Å²) in [7, 11) is 0. The van der Waals surface area contributed by atoms with Gasteiger partial charge in [-0.2, -0.15) is 0 Å². The summed E-state index contributed by atoms with van der Waals surface area (Å²) in [4.78, 5) is 29.2. The number of hydrogen-bond acceptors (Lipinski definition) is 10. The molecule has 9 rings (SSSR count). The van der Waals surface area contributed by atoms with E-state index in [4.69, 9.17) is 37.9 Å². The molecule has 0 unspecified atom stereocenters. The average Bonchev–Trinajstić information content (AvgIpc) is 3.45. The Hall–Kier alpha value is -9.28. The quantitative estimate of drug-likeness (QED) is 0.0575. The third-order valence-corrected chi connectivity index (χ3v) is 11.4. The molecule has 10 heteroatoms. The summed E-state index contributed by atoms with van der Waals surface area (Å²) in [6.07, 6.45) is 0. The van der Waals surface area contributed by atoms with Gasteiger partial charge in [-0.1, -0.05) is 212 Å². The lowest BCUT2D eigenvalue weighted by Crippen LogP contribution is -2.12. The molecule has 0 amide bonds. The van der Waals surface area contributed by atoms with Gasteiger partial charge in [0, 0.05) is 6.07 Å². The highest BCUT2D eigenvalue weighted by Crippen LogP contribution is 2.52. The zero-order valence-electron chi connectivity index (χ0n) is 40.0. The number of ether oxygens (including phenoxy) is 8. The number of carbonyl (C=O) groups is 2. The Morgan fingerprint density at radius 3 is 0.973 bits per heavy atom. The summed E-state index contributed by atoms with van der Waals surface area (Å²) in [5.41, 5.74) is 5.85. The van der Waals surface area contributed by atoms with Gasteiger partial charge in [0.15, 0.2) is 23.0 Å². The van der Waals surface area contributed by atoms with Crippen molar-refractivity contribution in [2.24, 2.45) is 0 Å². The molecule has 0 radical (unpaired) electrons. The molecule has 0 aliphatic heterocycles. The van der Waals surface area contributed by atoms with Crippen molar-refractivity contribution < 1.29 is 47.5 Å². The summed E-state index contributed by atoms with van der Waals surface area (Å²) < 4.78 is 52.5. The molecule has 0 heterocycles. The maximum atomic E-state index is 14.9. The summed E-state index contributed by atoms with van der Waals surface area (Å²) >= 11 is 0. The molecule has 0 atom stereocenters. The van der Waals surface area contributed by atoms with Crippen LogP contribution >= 0.6 is 0 Å². The van der Waals surface area contributed by atoms with Gasteiger partial charge in [-0.15, -0.1) is 0 Å². The van der Waals surface area contributed by atoms with Crippen molar-refractivity contribution in [3.05, 3.63) is 281 Å². The van der Waals surface area contributed by atoms with Crippen LogP contribution in [0.3, 0.4) is 0 Å². The minimum atomic E-state index is -0.756. The first-order valence-electron chi connectivity index (χ1n) is 23.8. The van der Waals surface area contributed by atoms with Crippen LogP contribution in [0.1, 0.15) is 59.7 Å². The normalized spacial score (nSPS) is 10.7. The van der Waals surface area contributed by atoms with Crippen molar-refractivity contribution in [3.63, 3.8) is 0 Å². The summed E-state index contributed by atoms with van der Waals surface area (Å²) in [5, 5.41) is 0. The maximum absolute atomic E-state index is 14.9. The van der Waals surface area contributed by atoms with Crippen LogP contribution in [0, 0.1) is 0 Å². The van der Waals surface area contributed by atoms with E-state index in [2.05, 4.69) is 0 Å². The topological polar surface area (TPSA) is 108 Å². The fourth-order valence-electron chi connectivity index (χ4n) is 7.62. The van der Waals surface area contributed by atoms with Crippen LogP contribution in [0.5, 0.6) is 40.2 Å². The van der Waals surface area contributed by atoms with E-state index in [9.17, 15) is 9.59 Å². The lowest BCUT2D eigenvalue weighted by molar-refractivity contribution is 0.0459. The molecule has 73 heavy (non-hydrogen) atoms. The second kappa shape index (κ2) is 25.0. The second-order valence-corrected chi connectivity index (χ2v) is 16.8. The first-order chi connectivity index (χ1) is 36.0. The Kier molecular flexibility index (Phi) is 16.7. The third-order valence-electron chi connectivity index (χ3n) is 11.4. The van der Waals surface area contributed by atoms with Gasteiger partial charge in [-0.05, 0) is 51.1 Å². The highest BCUT2D eigenvalue weighted by Gasteiger charge is 2.31. The average molecular weight is 969 g/mol. The minimum absolute atomic E-state index is 0.00166. The fraction of sp³-hybridized carbons (Fsp3) is 0.111. The van der Waals surface area contributed by atoms with Crippen LogP contribution in [0.15, 0.2) is 231 Å². The molecule has 9 aromatic rings. The SMILES string of the molecule is O=C(OCc1ccccc1)c1cc(OCc2ccccc2)c(OCc2ccccc2)c(Oc2c(C(=O)OCc3ccccc3)cc(OCc3ccccc3)c(OCc3ccccc3)c2OCc2ccccc2)c1. The standard InChI is InChI=1S/C63H52O10/c64-62(71-44-51-32-18-6-19-33-51)53-36-55(66-39-46-22-8-1-9-23-46)59(68-41-48-26-12-3-13-27-48)57(37-53)73-58-54(63(65)72-45-52-34-20-7-21-35-52)38-56(67-40-47-24-10-2-11-25-47)60(69-42-49-28-14-4-15-29-49)61(58)70-43-50-30-16-5-17-31-50/h1-38H,39-45H2. The van der Waals surface area contributed by atoms with E-state index in [0.29, 0.717) is 0 Å². The van der Waals surface area contributed by atoms with E-state index in [0.717, 1.165) is 38.9 Å². The van der Waals surface area contributed by atoms with Gasteiger partial charge < -0.3 is 37.9 Å². The summed E-state index contributed by atoms with van der Waals surface area (Å²) in [6, 6.07) is 71.5. The Bertz CT molecular complexity index is 3160. The van der Waals surface area contributed by atoms with Crippen molar-refractivity contribution in [1.29, 1.82) is 0 Å². The predicted octanol–water partition coefficient (Wildman–Crippen LogP) is 14.1. The molecule has 364 valence electrons. The molecule has 0 spiro atoms. The van der Waals surface area contributed by atoms with Crippen LogP contribution in [-0.2, 0) is 55.7 Å². The van der Waals surface area contributed by atoms with E-state index in [1.165, 1.54) is 12.1 Å². The molecule has 0 N–H and O–H groups in total. The highest BCUT2D eigenvalue weighted by atomic mass is 16.6. The maximum Gasteiger partial charge on any atom is 0.342 e. The van der Waals surface area contributed by atoms with E-state index in [1.54, 1.807) is 6.07 Å². The van der Waals surface area contributed by atoms with Gasteiger partial charge in [0.2, 0.25) is 17.2 Å². The van der Waals surface area contributed by atoms with Crippen molar-refractivity contribution >= 4 is 11.9 Å². The molecule has 0 fully saturated rings. The van der Waals surface area contributed by atoms with Crippen molar-refractivity contribution in [3.8, 4) is 40.2 Å². The number of benzene rings is 9. The zero-order chi connectivity index (χ0) is 49.9. The smallest absolute Gasteiger partial charge is 0.342 e. The highest BCUT2D eigenvalue weighted by molar-refractivity contribution is 5.96. The number of hydrogen-bond donors (Lipinski definition) is 0. The van der Waals surface area contributed by atoms with Gasteiger partial charge in [0.1, 0.15) is 51.8 Å². The van der Waals surface area contributed by atoms with E-state index in [1.807, 2.05) is 212 Å². The molecule has 0 aliphatic rings. The number of rotatable bonds is 23. The molecular weight excluding hydrogens is 917 g/mol. The zero-order valence-corrected chi connectivity index (χ0v) is 40.0. The molecule has 0 aliphatic carbocycles. The summed E-state index contributed by atoms with van der Waals surface area (Å²) in [5.74, 6) is -0.848. The Balaban J connectivity index is 1.23. The van der Waals surface area contributed by atoms with Gasteiger partial charge >= 0.3 is 11.9 Å². The first kappa shape index (κ1) is 48.7. The molecule has 0 bridgehead atoms. The van der Waals surface area contributed by atoms with Crippen molar-refractivity contribution in [2.45, 2.75) is 46.2 Å². The molecule has 0 saturated heterocycles. The monoisotopic (exact) mass is 968 g/mol. The number of esters is 2. The minimum Gasteiger partial charge on any atom is -0.485 e. The van der Waals surface area contributed by atoms with Gasteiger partial charge in [0.25, 0.3) is 0 Å². The third kappa shape index (κ3) is 13.7. The Morgan fingerprint density at radius 1 is 0.274 bits per heavy atom. The molecule has 10 nitrogen and oxygen atoms in total. The van der Waals surface area contributed by atoms with Gasteiger partial charge in [0.05, 0.1) is 5.56 Å². The molecular formula is C63H52O10. The lowest BCUT2D eigenvalue weighted by atomic mass is 10.1. The van der Waals surface area contributed by atoms with E-state index < -0.39 is 11.9 Å². The predicted molar refractivity (Wildman–Crippen MR) is 278 cm³/mol.